The van der Waals surface area contributed by atoms with E-state index in [0.717, 1.165) is 25.7 Å². The lowest BCUT2D eigenvalue weighted by Crippen LogP contribution is -2.38. The lowest BCUT2D eigenvalue weighted by molar-refractivity contribution is -0.120. The molecular formula is C18H29N3O3S2. The number of thioether (sulfide) groups is 1. The Morgan fingerprint density at radius 1 is 1.23 bits per heavy atom. The zero-order valence-corrected chi connectivity index (χ0v) is 17.6. The average Bonchev–Trinajstić information content (AvgIpc) is 2.61. The van der Waals surface area contributed by atoms with E-state index < -0.39 is 10.0 Å². The zero-order chi connectivity index (χ0) is 19.3. The largest absolute Gasteiger partial charge is 0.353 e. The van der Waals surface area contributed by atoms with Crippen LogP contribution in [0, 0.1) is 0 Å². The molecule has 0 unspecified atom stereocenters. The fourth-order valence-corrected chi connectivity index (χ4v) is 5.19. The lowest BCUT2D eigenvalue weighted by atomic mass is 9.96. The molecule has 2 rings (SSSR count). The van der Waals surface area contributed by atoms with E-state index >= 15 is 0 Å². The Bertz CT molecular complexity index is 699. The SMILES string of the molecule is CC(C)NC(=O)[C@@H](C)Sc1ccc(S(=O)(=O)N(C)C2CCCCC2)cn1. The predicted octanol–water partition coefficient (Wildman–Crippen LogP) is 3.04. The third-order valence-electron chi connectivity index (χ3n) is 4.57. The predicted molar refractivity (Wildman–Crippen MR) is 105 cm³/mol. The number of hydrogen-bond acceptors (Lipinski definition) is 5. The van der Waals surface area contributed by atoms with Gasteiger partial charge in [0.1, 0.15) is 4.90 Å². The van der Waals surface area contributed by atoms with E-state index in [9.17, 15) is 13.2 Å². The normalized spacial score (nSPS) is 17.5. The van der Waals surface area contributed by atoms with Gasteiger partial charge in [-0.25, -0.2) is 13.4 Å². The third-order valence-corrected chi connectivity index (χ3v) is 7.52. The Morgan fingerprint density at radius 2 is 1.88 bits per heavy atom. The summed E-state index contributed by atoms with van der Waals surface area (Å²) >= 11 is 1.32. The molecule has 0 aliphatic heterocycles. The molecule has 1 aliphatic rings. The van der Waals surface area contributed by atoms with Crippen LogP contribution in [0.3, 0.4) is 0 Å². The van der Waals surface area contributed by atoms with Crippen molar-refractivity contribution >= 4 is 27.7 Å². The molecule has 1 saturated carbocycles. The number of amides is 1. The Morgan fingerprint density at radius 3 is 2.42 bits per heavy atom. The van der Waals surface area contributed by atoms with Crippen molar-refractivity contribution < 1.29 is 13.2 Å². The first-order chi connectivity index (χ1) is 12.2. The summed E-state index contributed by atoms with van der Waals surface area (Å²) in [5.74, 6) is -0.0551. The van der Waals surface area contributed by atoms with Crippen LogP contribution in [0.4, 0.5) is 0 Å². The van der Waals surface area contributed by atoms with Gasteiger partial charge in [0.2, 0.25) is 15.9 Å². The maximum Gasteiger partial charge on any atom is 0.244 e. The number of carbonyl (C=O) groups excluding carboxylic acids is 1. The average molecular weight is 400 g/mol. The summed E-state index contributed by atoms with van der Waals surface area (Å²) in [7, 11) is -1.87. The van der Waals surface area contributed by atoms with Crippen molar-refractivity contribution in [1.82, 2.24) is 14.6 Å². The van der Waals surface area contributed by atoms with Gasteiger partial charge in [0.15, 0.2) is 0 Å². The first-order valence-corrected chi connectivity index (χ1v) is 11.4. The van der Waals surface area contributed by atoms with E-state index in [1.165, 1.54) is 28.7 Å². The van der Waals surface area contributed by atoms with Crippen LogP contribution in [0.5, 0.6) is 0 Å². The van der Waals surface area contributed by atoms with E-state index in [1.54, 1.807) is 19.2 Å². The summed E-state index contributed by atoms with van der Waals surface area (Å²) in [6.07, 6.45) is 6.56. The Balaban J connectivity index is 2.04. The quantitative estimate of drug-likeness (QED) is 0.713. The fourth-order valence-electron chi connectivity index (χ4n) is 3.03. The minimum absolute atomic E-state index is 0.0551. The highest BCUT2D eigenvalue weighted by Gasteiger charge is 2.29. The smallest absolute Gasteiger partial charge is 0.244 e. The molecule has 1 N–H and O–H groups in total. The number of nitrogens with zero attached hydrogens (tertiary/aromatic N) is 2. The van der Waals surface area contributed by atoms with Gasteiger partial charge in [0.25, 0.3) is 0 Å². The van der Waals surface area contributed by atoms with Crippen molar-refractivity contribution in [2.45, 2.75) is 80.1 Å². The van der Waals surface area contributed by atoms with Crippen LogP contribution in [-0.2, 0) is 14.8 Å². The molecule has 1 atom stereocenters. The molecular weight excluding hydrogens is 370 g/mol. The summed E-state index contributed by atoms with van der Waals surface area (Å²) in [4.78, 5) is 16.4. The van der Waals surface area contributed by atoms with Crippen LogP contribution < -0.4 is 5.32 Å². The van der Waals surface area contributed by atoms with Gasteiger partial charge in [-0.2, -0.15) is 4.31 Å². The summed E-state index contributed by atoms with van der Waals surface area (Å²) in [5, 5.41) is 3.20. The van der Waals surface area contributed by atoms with E-state index in [-0.39, 0.29) is 28.1 Å². The van der Waals surface area contributed by atoms with Crippen molar-refractivity contribution in [2.75, 3.05) is 7.05 Å². The summed E-state index contributed by atoms with van der Waals surface area (Å²) in [6.45, 7) is 5.64. The van der Waals surface area contributed by atoms with Crippen LogP contribution in [0.25, 0.3) is 0 Å². The third kappa shape index (κ3) is 5.44. The first-order valence-electron chi connectivity index (χ1n) is 9.13. The molecule has 26 heavy (non-hydrogen) atoms. The molecule has 0 bridgehead atoms. The fraction of sp³-hybridized carbons (Fsp3) is 0.667. The lowest BCUT2D eigenvalue weighted by Gasteiger charge is -2.30. The summed E-state index contributed by atoms with van der Waals surface area (Å²) in [6, 6.07) is 3.41. The van der Waals surface area contributed by atoms with E-state index in [2.05, 4.69) is 10.3 Å². The number of nitrogens with one attached hydrogen (secondary N) is 1. The minimum atomic E-state index is -3.53. The van der Waals surface area contributed by atoms with Gasteiger partial charge >= 0.3 is 0 Å². The van der Waals surface area contributed by atoms with Gasteiger partial charge in [0.05, 0.1) is 10.3 Å². The van der Waals surface area contributed by atoms with Crippen molar-refractivity contribution in [3.63, 3.8) is 0 Å². The molecule has 0 saturated heterocycles. The Kier molecular flexibility index (Phi) is 7.49. The van der Waals surface area contributed by atoms with Crippen LogP contribution >= 0.6 is 11.8 Å². The zero-order valence-electron chi connectivity index (χ0n) is 15.9. The van der Waals surface area contributed by atoms with Gasteiger partial charge in [-0.1, -0.05) is 31.0 Å². The second-order valence-electron chi connectivity index (χ2n) is 7.07. The Hall–Kier alpha value is -1.12. The monoisotopic (exact) mass is 399 g/mol. The van der Waals surface area contributed by atoms with Crippen LogP contribution in [0.15, 0.2) is 28.3 Å². The second kappa shape index (κ2) is 9.19. The van der Waals surface area contributed by atoms with Crippen LogP contribution in [-0.4, -0.2) is 48.0 Å². The molecule has 8 heteroatoms. The summed E-state index contributed by atoms with van der Waals surface area (Å²) in [5.41, 5.74) is 0. The molecule has 1 aromatic heterocycles. The number of pyridine rings is 1. The highest BCUT2D eigenvalue weighted by atomic mass is 32.2. The van der Waals surface area contributed by atoms with Gasteiger partial charge < -0.3 is 5.32 Å². The standard InChI is InChI=1S/C18H29N3O3S2/c1-13(2)20-18(22)14(3)25-17-11-10-16(12-19-17)26(23,24)21(4)15-8-6-5-7-9-15/h10-15H,5-9H2,1-4H3,(H,20,22)/t14-/m1/s1. The first kappa shape index (κ1) is 21.2. The van der Waals surface area contributed by atoms with Crippen molar-refractivity contribution in [1.29, 1.82) is 0 Å². The number of carbonyl (C=O) groups is 1. The molecule has 0 spiro atoms. The number of rotatable bonds is 7. The highest BCUT2D eigenvalue weighted by molar-refractivity contribution is 8.00. The van der Waals surface area contributed by atoms with Gasteiger partial charge in [-0.3, -0.25) is 4.79 Å². The van der Waals surface area contributed by atoms with Gasteiger partial charge in [0, 0.05) is 25.3 Å². The summed E-state index contributed by atoms with van der Waals surface area (Å²) < 4.78 is 27.1. The molecule has 6 nitrogen and oxygen atoms in total. The molecule has 1 fully saturated rings. The second-order valence-corrected chi connectivity index (χ2v) is 10.4. The minimum Gasteiger partial charge on any atom is -0.353 e. The number of sulfonamides is 1. The molecule has 0 aromatic carbocycles. The van der Waals surface area contributed by atoms with E-state index in [1.807, 2.05) is 20.8 Å². The maximum absolute atomic E-state index is 12.8. The topological polar surface area (TPSA) is 79.4 Å². The van der Waals surface area contributed by atoms with Gasteiger partial charge in [-0.05, 0) is 45.7 Å². The molecule has 146 valence electrons. The van der Waals surface area contributed by atoms with E-state index in [4.69, 9.17) is 0 Å². The molecule has 1 amide bonds. The maximum atomic E-state index is 12.8. The van der Waals surface area contributed by atoms with E-state index in [0.29, 0.717) is 5.03 Å². The molecule has 1 heterocycles. The molecule has 1 aliphatic carbocycles. The highest BCUT2D eigenvalue weighted by Crippen LogP contribution is 2.27. The molecule has 1 aromatic rings. The van der Waals surface area contributed by atoms with Crippen molar-refractivity contribution in [3.8, 4) is 0 Å². The number of aromatic nitrogens is 1. The number of hydrogen-bond donors (Lipinski definition) is 1. The Labute approximate surface area is 161 Å². The van der Waals surface area contributed by atoms with Crippen molar-refractivity contribution in [3.05, 3.63) is 18.3 Å². The van der Waals surface area contributed by atoms with Crippen LogP contribution in [0.1, 0.15) is 52.9 Å². The van der Waals surface area contributed by atoms with Gasteiger partial charge in [-0.15, -0.1) is 0 Å². The van der Waals surface area contributed by atoms with Crippen molar-refractivity contribution in [2.24, 2.45) is 0 Å². The van der Waals surface area contributed by atoms with Crippen LogP contribution in [0.2, 0.25) is 0 Å². The molecule has 0 radical (unpaired) electrons.